The van der Waals surface area contributed by atoms with Crippen LogP contribution in [0.3, 0.4) is 0 Å². The molecule has 2 N–H and O–H groups in total. The van der Waals surface area contributed by atoms with E-state index in [2.05, 4.69) is 15.4 Å². The van der Waals surface area contributed by atoms with Gasteiger partial charge >= 0.3 is 12.0 Å². The zero-order chi connectivity index (χ0) is 28.1. The van der Waals surface area contributed by atoms with Crippen LogP contribution in [0.15, 0.2) is 72.3 Å². The number of esters is 1. The number of nitrogens with zero attached hydrogens (tertiary/aromatic N) is 1. The minimum atomic E-state index is -0.930. The monoisotopic (exact) mass is 527 g/mol. The molecule has 5 amide bonds. The summed E-state index contributed by atoms with van der Waals surface area (Å²) in [7, 11) is 1.24. The fourth-order valence-corrected chi connectivity index (χ4v) is 3.93. The van der Waals surface area contributed by atoms with Crippen LogP contribution in [0.4, 0.5) is 16.2 Å². The largest absolute Gasteiger partial charge is 0.483 e. The molecule has 0 atom stereocenters. The Labute approximate surface area is 224 Å². The summed E-state index contributed by atoms with van der Waals surface area (Å²) in [5, 5.41) is 4.94. The lowest BCUT2D eigenvalue weighted by Gasteiger charge is -2.26. The number of urea groups is 1. The standard InChI is InChI=1S/C29H25N3O7/c1-17-8-13-23(18(2)14-17)30-25(33)16-39-24-7-5-4-6-20(24)15-22-26(34)31-29(37)32(27(22)35)21-11-9-19(10-12-21)28(36)38-3/h4-15H,16H2,1-3H3,(H,30,33)(H,31,34,37)/b22-15-. The molecule has 1 fully saturated rings. The lowest BCUT2D eigenvalue weighted by atomic mass is 10.1. The average Bonchev–Trinajstić information content (AvgIpc) is 2.92. The van der Waals surface area contributed by atoms with Gasteiger partial charge < -0.3 is 14.8 Å². The van der Waals surface area contributed by atoms with Gasteiger partial charge in [0, 0.05) is 11.3 Å². The maximum Gasteiger partial charge on any atom is 0.337 e. The van der Waals surface area contributed by atoms with Crippen LogP contribution in [0.5, 0.6) is 5.75 Å². The molecular weight excluding hydrogens is 502 g/mol. The molecule has 0 aliphatic carbocycles. The highest BCUT2D eigenvalue weighted by Crippen LogP contribution is 2.26. The summed E-state index contributed by atoms with van der Waals surface area (Å²) in [6, 6.07) is 16.9. The Morgan fingerprint density at radius 3 is 2.38 bits per heavy atom. The molecule has 1 aliphatic rings. The summed E-state index contributed by atoms with van der Waals surface area (Å²) in [5.74, 6) is -2.45. The van der Waals surface area contributed by atoms with Crippen molar-refractivity contribution in [1.29, 1.82) is 0 Å². The van der Waals surface area contributed by atoms with Crippen molar-refractivity contribution >= 4 is 47.2 Å². The van der Waals surface area contributed by atoms with E-state index in [1.807, 2.05) is 32.0 Å². The molecule has 1 heterocycles. The van der Waals surface area contributed by atoms with Gasteiger partial charge in [-0.15, -0.1) is 0 Å². The Balaban J connectivity index is 1.54. The topological polar surface area (TPSA) is 131 Å². The Bertz CT molecular complexity index is 1510. The third-order valence-corrected chi connectivity index (χ3v) is 5.88. The SMILES string of the molecule is COC(=O)c1ccc(N2C(=O)NC(=O)/C(=C/c3ccccc3OCC(=O)Nc3ccc(C)cc3C)C2=O)cc1. The molecule has 0 saturated carbocycles. The molecule has 0 aromatic heterocycles. The van der Waals surface area contributed by atoms with E-state index in [4.69, 9.17) is 4.74 Å². The number of para-hydroxylation sites is 1. The Morgan fingerprint density at radius 2 is 1.69 bits per heavy atom. The van der Waals surface area contributed by atoms with Gasteiger partial charge in [-0.25, -0.2) is 14.5 Å². The summed E-state index contributed by atoms with van der Waals surface area (Å²) in [5.41, 5.74) is 3.06. The number of ether oxygens (including phenoxy) is 2. The van der Waals surface area contributed by atoms with Crippen molar-refractivity contribution in [3.05, 3.63) is 94.6 Å². The van der Waals surface area contributed by atoms with E-state index in [-0.39, 0.29) is 35.1 Å². The van der Waals surface area contributed by atoms with E-state index >= 15 is 0 Å². The number of hydrogen-bond acceptors (Lipinski definition) is 7. The van der Waals surface area contributed by atoms with Crippen LogP contribution in [-0.2, 0) is 19.1 Å². The van der Waals surface area contributed by atoms with Gasteiger partial charge in [-0.1, -0.05) is 35.9 Å². The van der Waals surface area contributed by atoms with Crippen LogP contribution in [-0.4, -0.2) is 43.4 Å². The zero-order valence-corrected chi connectivity index (χ0v) is 21.4. The van der Waals surface area contributed by atoms with Gasteiger partial charge in [-0.3, -0.25) is 19.7 Å². The lowest BCUT2D eigenvalue weighted by molar-refractivity contribution is -0.122. The maximum absolute atomic E-state index is 13.2. The number of imide groups is 2. The number of amides is 5. The van der Waals surface area contributed by atoms with Gasteiger partial charge in [-0.2, -0.15) is 0 Å². The first-order valence-electron chi connectivity index (χ1n) is 11.9. The summed E-state index contributed by atoms with van der Waals surface area (Å²) in [4.78, 5) is 63.3. The predicted octanol–water partition coefficient (Wildman–Crippen LogP) is 3.77. The van der Waals surface area contributed by atoms with Gasteiger partial charge in [0.2, 0.25) is 0 Å². The Morgan fingerprint density at radius 1 is 0.974 bits per heavy atom. The first-order chi connectivity index (χ1) is 18.7. The molecule has 10 nitrogen and oxygen atoms in total. The lowest BCUT2D eigenvalue weighted by Crippen LogP contribution is -2.54. The first kappa shape index (κ1) is 26.8. The van der Waals surface area contributed by atoms with E-state index in [9.17, 15) is 24.0 Å². The Hall–Kier alpha value is -5.25. The van der Waals surface area contributed by atoms with Crippen molar-refractivity contribution < 1.29 is 33.4 Å². The zero-order valence-electron chi connectivity index (χ0n) is 21.4. The predicted molar refractivity (Wildman–Crippen MR) is 143 cm³/mol. The molecule has 198 valence electrons. The van der Waals surface area contributed by atoms with Crippen molar-refractivity contribution in [3.63, 3.8) is 0 Å². The van der Waals surface area contributed by atoms with Crippen LogP contribution in [0.25, 0.3) is 6.08 Å². The highest BCUT2D eigenvalue weighted by molar-refractivity contribution is 6.39. The normalized spacial score (nSPS) is 14.2. The molecule has 3 aromatic carbocycles. The highest BCUT2D eigenvalue weighted by Gasteiger charge is 2.37. The minimum Gasteiger partial charge on any atom is -0.483 e. The van der Waals surface area contributed by atoms with Crippen LogP contribution < -0.4 is 20.3 Å². The molecule has 0 bridgehead atoms. The third-order valence-electron chi connectivity index (χ3n) is 5.88. The van der Waals surface area contributed by atoms with E-state index in [0.717, 1.165) is 16.0 Å². The number of methoxy groups -OCH3 is 1. The fourth-order valence-electron chi connectivity index (χ4n) is 3.93. The highest BCUT2D eigenvalue weighted by atomic mass is 16.5. The Kier molecular flexibility index (Phi) is 7.85. The smallest absolute Gasteiger partial charge is 0.337 e. The summed E-state index contributed by atoms with van der Waals surface area (Å²) >= 11 is 0. The second-order valence-corrected chi connectivity index (χ2v) is 8.69. The number of carbonyl (C=O) groups excluding carboxylic acids is 5. The number of carbonyl (C=O) groups is 5. The van der Waals surface area contributed by atoms with Gasteiger partial charge in [0.1, 0.15) is 11.3 Å². The van der Waals surface area contributed by atoms with Gasteiger partial charge in [0.15, 0.2) is 6.61 Å². The van der Waals surface area contributed by atoms with E-state index in [0.29, 0.717) is 11.3 Å². The molecule has 39 heavy (non-hydrogen) atoms. The molecule has 3 aromatic rings. The molecule has 0 radical (unpaired) electrons. The van der Waals surface area contributed by atoms with Gasteiger partial charge in [0.25, 0.3) is 17.7 Å². The van der Waals surface area contributed by atoms with Crippen molar-refractivity contribution in [2.24, 2.45) is 0 Å². The molecule has 0 spiro atoms. The van der Waals surface area contributed by atoms with Crippen LogP contribution >= 0.6 is 0 Å². The van der Waals surface area contributed by atoms with Crippen LogP contribution in [0, 0.1) is 13.8 Å². The average molecular weight is 528 g/mol. The number of aryl methyl sites for hydroxylation is 2. The van der Waals surface area contributed by atoms with E-state index in [1.54, 1.807) is 24.3 Å². The number of rotatable bonds is 7. The maximum atomic E-state index is 13.2. The first-order valence-corrected chi connectivity index (χ1v) is 11.9. The minimum absolute atomic E-state index is 0.149. The summed E-state index contributed by atoms with van der Waals surface area (Å²) in [6.45, 7) is 3.53. The third kappa shape index (κ3) is 6.02. The number of benzene rings is 3. The molecule has 1 saturated heterocycles. The number of nitrogens with one attached hydrogen (secondary N) is 2. The van der Waals surface area contributed by atoms with Crippen molar-refractivity contribution in [1.82, 2.24) is 5.32 Å². The fraction of sp³-hybridized carbons (Fsp3) is 0.138. The van der Waals surface area contributed by atoms with Crippen molar-refractivity contribution in [3.8, 4) is 5.75 Å². The van der Waals surface area contributed by atoms with E-state index in [1.165, 1.54) is 37.5 Å². The molecule has 0 unspecified atom stereocenters. The molecular formula is C29H25N3O7. The number of hydrogen-bond donors (Lipinski definition) is 2. The second-order valence-electron chi connectivity index (χ2n) is 8.69. The number of anilines is 2. The summed E-state index contributed by atoms with van der Waals surface area (Å²) in [6.07, 6.45) is 1.29. The summed E-state index contributed by atoms with van der Waals surface area (Å²) < 4.78 is 10.4. The number of barbiturate groups is 1. The molecule has 4 rings (SSSR count). The van der Waals surface area contributed by atoms with Crippen molar-refractivity contribution in [2.75, 3.05) is 23.9 Å². The van der Waals surface area contributed by atoms with Crippen LogP contribution in [0.1, 0.15) is 27.0 Å². The second kappa shape index (κ2) is 11.4. The van der Waals surface area contributed by atoms with Crippen molar-refractivity contribution in [2.45, 2.75) is 13.8 Å². The van der Waals surface area contributed by atoms with Crippen LogP contribution in [0.2, 0.25) is 0 Å². The van der Waals surface area contributed by atoms with E-state index < -0.39 is 23.8 Å². The van der Waals surface area contributed by atoms with Gasteiger partial charge in [0.05, 0.1) is 18.4 Å². The molecule has 10 heteroatoms. The quantitative estimate of drug-likeness (QED) is 0.272. The van der Waals surface area contributed by atoms with Gasteiger partial charge in [-0.05, 0) is 61.9 Å². The molecule has 1 aliphatic heterocycles.